The van der Waals surface area contributed by atoms with Crippen LogP contribution in [0.2, 0.25) is 5.02 Å². The van der Waals surface area contributed by atoms with Gasteiger partial charge in [0, 0.05) is 25.1 Å². The van der Waals surface area contributed by atoms with Crippen molar-refractivity contribution in [2.24, 2.45) is 5.92 Å². The lowest BCUT2D eigenvalue weighted by molar-refractivity contribution is -0.152. The molecule has 1 amide bonds. The minimum atomic E-state index is -0.908. The van der Waals surface area contributed by atoms with E-state index in [9.17, 15) is 14.7 Å². The lowest BCUT2D eigenvalue weighted by atomic mass is 9.84. The Morgan fingerprint density at radius 1 is 1.48 bits per heavy atom. The third kappa shape index (κ3) is 3.36. The Bertz CT molecular complexity index is 534. The van der Waals surface area contributed by atoms with E-state index in [2.05, 4.69) is 0 Å². The number of benzene rings is 1. The zero-order valence-corrected chi connectivity index (χ0v) is 12.5. The van der Waals surface area contributed by atoms with Crippen molar-refractivity contribution in [3.8, 4) is 0 Å². The summed E-state index contributed by atoms with van der Waals surface area (Å²) in [6.45, 7) is 0.716. The molecule has 0 aliphatic carbocycles. The van der Waals surface area contributed by atoms with Gasteiger partial charge in [0.1, 0.15) is 0 Å². The van der Waals surface area contributed by atoms with Crippen molar-refractivity contribution in [2.75, 3.05) is 20.3 Å². The normalized spacial score (nSPS) is 22.4. The number of amides is 1. The first-order valence-corrected chi connectivity index (χ1v) is 7.19. The second-order valence-corrected chi connectivity index (χ2v) is 5.44. The van der Waals surface area contributed by atoms with Gasteiger partial charge in [0.25, 0.3) is 0 Å². The molecule has 0 unspecified atom stereocenters. The van der Waals surface area contributed by atoms with Gasteiger partial charge in [0.2, 0.25) is 5.91 Å². The molecule has 1 aliphatic rings. The van der Waals surface area contributed by atoms with E-state index >= 15 is 0 Å². The monoisotopic (exact) mass is 311 g/mol. The van der Waals surface area contributed by atoms with E-state index in [1.165, 1.54) is 0 Å². The van der Waals surface area contributed by atoms with Crippen molar-refractivity contribution in [1.29, 1.82) is 0 Å². The van der Waals surface area contributed by atoms with E-state index < -0.39 is 17.9 Å². The third-order valence-corrected chi connectivity index (χ3v) is 4.13. The smallest absolute Gasteiger partial charge is 0.308 e. The van der Waals surface area contributed by atoms with Gasteiger partial charge in [0.05, 0.1) is 18.6 Å². The second kappa shape index (κ2) is 6.91. The first-order chi connectivity index (χ1) is 10.1. The zero-order chi connectivity index (χ0) is 15.4. The highest BCUT2D eigenvalue weighted by atomic mass is 35.5. The molecule has 1 heterocycles. The number of aliphatic carboxylic acids is 1. The van der Waals surface area contributed by atoms with Gasteiger partial charge in [-0.3, -0.25) is 9.59 Å². The minimum Gasteiger partial charge on any atom is -0.481 e. The molecule has 21 heavy (non-hydrogen) atoms. The Hall–Kier alpha value is -1.59. The van der Waals surface area contributed by atoms with Crippen molar-refractivity contribution >= 4 is 23.5 Å². The van der Waals surface area contributed by atoms with Crippen molar-refractivity contribution in [1.82, 2.24) is 4.90 Å². The Morgan fingerprint density at radius 2 is 2.19 bits per heavy atom. The highest BCUT2D eigenvalue weighted by molar-refractivity contribution is 6.31. The van der Waals surface area contributed by atoms with E-state index in [-0.39, 0.29) is 12.3 Å². The first kappa shape index (κ1) is 15.8. The quantitative estimate of drug-likeness (QED) is 0.906. The number of piperidine rings is 1. The van der Waals surface area contributed by atoms with Gasteiger partial charge in [-0.15, -0.1) is 0 Å². The topological polar surface area (TPSA) is 66.8 Å². The van der Waals surface area contributed by atoms with E-state index in [1.54, 1.807) is 36.3 Å². The van der Waals surface area contributed by atoms with Gasteiger partial charge in [-0.2, -0.15) is 0 Å². The highest BCUT2D eigenvalue weighted by Crippen LogP contribution is 2.39. The van der Waals surface area contributed by atoms with Crippen LogP contribution in [0.15, 0.2) is 24.3 Å². The van der Waals surface area contributed by atoms with E-state index in [0.29, 0.717) is 30.2 Å². The minimum absolute atomic E-state index is 0.0607. The number of carbonyl (C=O) groups excluding carboxylic acids is 1. The van der Waals surface area contributed by atoms with E-state index in [1.807, 2.05) is 0 Å². The van der Waals surface area contributed by atoms with Crippen LogP contribution in [0.1, 0.15) is 24.4 Å². The van der Waals surface area contributed by atoms with Crippen molar-refractivity contribution in [3.63, 3.8) is 0 Å². The number of halogens is 1. The lowest BCUT2D eigenvalue weighted by Gasteiger charge is -2.40. The van der Waals surface area contributed by atoms with Crippen molar-refractivity contribution < 1.29 is 19.4 Å². The summed E-state index contributed by atoms with van der Waals surface area (Å²) in [4.78, 5) is 25.3. The average molecular weight is 312 g/mol. The fourth-order valence-corrected chi connectivity index (χ4v) is 3.01. The third-order valence-electron chi connectivity index (χ3n) is 3.78. The van der Waals surface area contributed by atoms with Crippen LogP contribution in [0.3, 0.4) is 0 Å². The van der Waals surface area contributed by atoms with Gasteiger partial charge in [-0.05, 0) is 18.1 Å². The van der Waals surface area contributed by atoms with Crippen LogP contribution in [-0.2, 0) is 14.3 Å². The summed E-state index contributed by atoms with van der Waals surface area (Å²) in [6.07, 6.45) is 0.565. The molecule has 0 aromatic heterocycles. The predicted molar refractivity (Wildman–Crippen MR) is 78.1 cm³/mol. The van der Waals surface area contributed by atoms with Gasteiger partial charge in [0.15, 0.2) is 0 Å². The summed E-state index contributed by atoms with van der Waals surface area (Å²) < 4.78 is 5.03. The van der Waals surface area contributed by atoms with E-state index in [4.69, 9.17) is 16.3 Å². The molecule has 0 radical (unpaired) electrons. The molecule has 1 saturated heterocycles. The van der Waals surface area contributed by atoms with Crippen LogP contribution in [0.5, 0.6) is 0 Å². The lowest BCUT2D eigenvalue weighted by Crippen LogP contribution is -2.46. The van der Waals surface area contributed by atoms with Crippen LogP contribution in [0.4, 0.5) is 0 Å². The molecule has 1 fully saturated rings. The molecule has 1 aromatic carbocycles. The molecular formula is C15H18ClNO4. The summed E-state index contributed by atoms with van der Waals surface area (Å²) in [6, 6.07) is 6.53. The zero-order valence-electron chi connectivity index (χ0n) is 11.8. The SMILES string of the molecule is COCCN1C(=O)CC[C@H](C(=O)O)[C@@H]1c1ccccc1Cl. The molecule has 1 N–H and O–H groups in total. The largest absolute Gasteiger partial charge is 0.481 e. The Kier molecular flexibility index (Phi) is 5.20. The number of hydrogen-bond donors (Lipinski definition) is 1. The molecular weight excluding hydrogens is 294 g/mol. The first-order valence-electron chi connectivity index (χ1n) is 6.82. The summed E-state index contributed by atoms with van der Waals surface area (Å²) in [5.74, 6) is -1.62. The van der Waals surface area contributed by atoms with Gasteiger partial charge in [-0.1, -0.05) is 29.8 Å². The van der Waals surface area contributed by atoms with Crippen LogP contribution in [0.25, 0.3) is 0 Å². The number of rotatable bonds is 5. The Balaban J connectivity index is 2.41. The van der Waals surface area contributed by atoms with Crippen molar-refractivity contribution in [3.05, 3.63) is 34.9 Å². The Morgan fingerprint density at radius 3 is 2.81 bits per heavy atom. The molecule has 0 saturated carbocycles. The number of nitrogens with zero attached hydrogens (tertiary/aromatic N) is 1. The number of hydrogen-bond acceptors (Lipinski definition) is 3. The maximum Gasteiger partial charge on any atom is 0.308 e. The molecule has 6 heteroatoms. The molecule has 2 atom stereocenters. The number of carbonyl (C=O) groups is 2. The number of carboxylic acid groups (broad SMARTS) is 1. The molecule has 2 rings (SSSR count). The molecule has 114 valence electrons. The van der Waals surface area contributed by atoms with Gasteiger partial charge in [-0.25, -0.2) is 0 Å². The summed E-state index contributed by atoms with van der Waals surface area (Å²) >= 11 is 6.21. The van der Waals surface area contributed by atoms with Crippen LogP contribution in [-0.4, -0.2) is 42.1 Å². The predicted octanol–water partition coefficient (Wildman–Crippen LogP) is 2.35. The summed E-state index contributed by atoms with van der Waals surface area (Å²) in [5, 5.41) is 9.96. The molecule has 5 nitrogen and oxygen atoms in total. The summed E-state index contributed by atoms with van der Waals surface area (Å²) in [7, 11) is 1.55. The molecule has 0 bridgehead atoms. The average Bonchev–Trinajstić information content (AvgIpc) is 2.46. The molecule has 1 aliphatic heterocycles. The van der Waals surface area contributed by atoms with Crippen LogP contribution < -0.4 is 0 Å². The fourth-order valence-electron chi connectivity index (χ4n) is 2.76. The van der Waals surface area contributed by atoms with Crippen molar-refractivity contribution in [2.45, 2.75) is 18.9 Å². The molecule has 0 spiro atoms. The molecule has 1 aromatic rings. The van der Waals surface area contributed by atoms with Crippen LogP contribution in [0, 0.1) is 5.92 Å². The van der Waals surface area contributed by atoms with Gasteiger partial charge < -0.3 is 14.7 Å². The maximum atomic E-state index is 12.2. The standard InChI is InChI=1S/C15H18ClNO4/c1-21-9-8-17-13(18)7-6-11(15(19)20)14(17)10-4-2-3-5-12(10)16/h2-5,11,14H,6-9H2,1H3,(H,19,20)/t11-,14-/m0/s1. The maximum absolute atomic E-state index is 12.2. The van der Waals surface area contributed by atoms with Crippen LogP contribution >= 0.6 is 11.6 Å². The number of methoxy groups -OCH3 is 1. The number of likely N-dealkylation sites (tertiary alicyclic amines) is 1. The van der Waals surface area contributed by atoms with E-state index in [0.717, 1.165) is 0 Å². The number of ether oxygens (including phenoxy) is 1. The van der Waals surface area contributed by atoms with Gasteiger partial charge >= 0.3 is 5.97 Å². The second-order valence-electron chi connectivity index (χ2n) is 5.03. The number of carboxylic acids is 1. The fraction of sp³-hybridized carbons (Fsp3) is 0.467. The Labute approximate surface area is 128 Å². The highest BCUT2D eigenvalue weighted by Gasteiger charge is 2.41. The summed E-state index contributed by atoms with van der Waals surface area (Å²) in [5.41, 5.74) is 0.677.